The van der Waals surface area contributed by atoms with Gasteiger partial charge < -0.3 is 14.6 Å². The maximum atomic E-state index is 11.2. The van der Waals surface area contributed by atoms with Crippen molar-refractivity contribution in [3.8, 4) is 22.6 Å². The van der Waals surface area contributed by atoms with Gasteiger partial charge in [0, 0.05) is 0 Å². The normalized spacial score (nSPS) is 10.7. The first-order chi connectivity index (χ1) is 13.5. The molecule has 0 amide bonds. The second kappa shape index (κ2) is 9.09. The summed E-state index contributed by atoms with van der Waals surface area (Å²) in [4.78, 5) is 11.2. The van der Waals surface area contributed by atoms with Gasteiger partial charge in [-0.05, 0) is 60.4 Å². The summed E-state index contributed by atoms with van der Waals surface area (Å²) in [5.74, 6) is 0.591. The molecule has 0 radical (unpaired) electrons. The van der Waals surface area contributed by atoms with Gasteiger partial charge in [-0.25, -0.2) is 0 Å². The van der Waals surface area contributed by atoms with Gasteiger partial charge in [-0.1, -0.05) is 48.5 Å². The third kappa shape index (κ3) is 5.61. The van der Waals surface area contributed by atoms with Crippen molar-refractivity contribution in [1.82, 2.24) is 0 Å². The van der Waals surface area contributed by atoms with Gasteiger partial charge >= 0.3 is 5.97 Å². The number of carboxylic acids is 1. The predicted molar refractivity (Wildman–Crippen MR) is 110 cm³/mol. The quantitative estimate of drug-likeness (QED) is 0.576. The van der Waals surface area contributed by atoms with Crippen LogP contribution in [0.1, 0.15) is 25.0 Å². The fraction of sp³-hybridized carbons (Fsp3) is 0.208. The molecule has 0 unspecified atom stereocenters. The van der Waals surface area contributed by atoms with Crippen LogP contribution in [0.15, 0.2) is 72.8 Å². The summed E-state index contributed by atoms with van der Waals surface area (Å²) in [6.45, 7) is 4.40. The van der Waals surface area contributed by atoms with Gasteiger partial charge in [0.1, 0.15) is 18.1 Å². The Morgan fingerprint density at radius 3 is 2.21 bits per heavy atom. The lowest BCUT2D eigenvalue weighted by molar-refractivity contribution is -0.136. The Morgan fingerprint density at radius 2 is 1.57 bits per heavy atom. The second-order valence-electron chi connectivity index (χ2n) is 6.90. The average Bonchev–Trinajstić information content (AvgIpc) is 2.67. The Labute approximate surface area is 165 Å². The lowest BCUT2D eigenvalue weighted by Gasteiger charge is -2.13. The first-order valence-corrected chi connectivity index (χ1v) is 9.29. The van der Waals surface area contributed by atoms with Crippen molar-refractivity contribution < 1.29 is 19.4 Å². The molecule has 4 heteroatoms. The molecule has 0 saturated carbocycles. The van der Waals surface area contributed by atoms with Crippen LogP contribution >= 0.6 is 0 Å². The van der Waals surface area contributed by atoms with E-state index in [-0.39, 0.29) is 12.5 Å². The third-order valence-electron chi connectivity index (χ3n) is 4.13. The lowest BCUT2D eigenvalue weighted by atomic mass is 10.0. The molecule has 144 valence electrons. The van der Waals surface area contributed by atoms with Crippen molar-refractivity contribution in [1.29, 1.82) is 0 Å². The summed E-state index contributed by atoms with van der Waals surface area (Å²) in [5, 5.41) is 9.19. The Balaban J connectivity index is 1.85. The van der Waals surface area contributed by atoms with Gasteiger partial charge in [0.2, 0.25) is 0 Å². The minimum atomic E-state index is -0.869. The van der Waals surface area contributed by atoms with Gasteiger partial charge in [0.05, 0.1) is 12.5 Å². The van der Waals surface area contributed by atoms with E-state index >= 15 is 0 Å². The molecule has 0 aliphatic carbocycles. The molecule has 0 saturated heterocycles. The molecule has 0 atom stereocenters. The number of rotatable bonds is 8. The minimum Gasteiger partial charge on any atom is -0.491 e. The molecule has 0 heterocycles. The van der Waals surface area contributed by atoms with Gasteiger partial charge in [-0.3, -0.25) is 4.79 Å². The average molecular weight is 376 g/mol. The molecule has 3 rings (SSSR count). The molecule has 0 spiro atoms. The Hall–Kier alpha value is -3.27. The highest BCUT2D eigenvalue weighted by Crippen LogP contribution is 2.29. The largest absolute Gasteiger partial charge is 0.491 e. The number of carbonyl (C=O) groups is 1. The van der Waals surface area contributed by atoms with Gasteiger partial charge in [-0.15, -0.1) is 0 Å². The number of ether oxygens (including phenoxy) is 2. The Bertz CT molecular complexity index is 915. The predicted octanol–water partition coefficient (Wildman–Crippen LogP) is 5.35. The maximum absolute atomic E-state index is 11.2. The van der Waals surface area contributed by atoms with Crippen LogP contribution in [0, 0.1) is 0 Å². The summed E-state index contributed by atoms with van der Waals surface area (Å²) >= 11 is 0. The smallest absolute Gasteiger partial charge is 0.307 e. The van der Waals surface area contributed by atoms with Crippen LogP contribution in [0.5, 0.6) is 11.5 Å². The topological polar surface area (TPSA) is 55.8 Å². The maximum Gasteiger partial charge on any atom is 0.307 e. The third-order valence-corrected chi connectivity index (χ3v) is 4.13. The first-order valence-electron chi connectivity index (χ1n) is 9.29. The number of benzene rings is 3. The van der Waals surface area contributed by atoms with E-state index < -0.39 is 5.97 Å². The van der Waals surface area contributed by atoms with E-state index in [0.717, 1.165) is 22.4 Å². The van der Waals surface area contributed by atoms with Crippen molar-refractivity contribution in [2.24, 2.45) is 0 Å². The fourth-order valence-corrected chi connectivity index (χ4v) is 2.93. The molecule has 28 heavy (non-hydrogen) atoms. The van der Waals surface area contributed by atoms with Crippen molar-refractivity contribution >= 4 is 5.97 Å². The molecule has 4 nitrogen and oxygen atoms in total. The summed E-state index contributed by atoms with van der Waals surface area (Å²) in [7, 11) is 0. The molecular formula is C24H24O4. The van der Waals surface area contributed by atoms with Crippen LogP contribution in [0.25, 0.3) is 11.1 Å². The Morgan fingerprint density at radius 1 is 0.857 bits per heavy atom. The highest BCUT2D eigenvalue weighted by Gasteiger charge is 2.09. The molecule has 0 bridgehead atoms. The molecule has 3 aromatic rings. The van der Waals surface area contributed by atoms with Crippen LogP contribution in [-0.4, -0.2) is 17.2 Å². The van der Waals surface area contributed by atoms with Crippen molar-refractivity contribution in [3.63, 3.8) is 0 Å². The minimum absolute atomic E-state index is 0.0515. The first kappa shape index (κ1) is 19.5. The summed E-state index contributed by atoms with van der Waals surface area (Å²) in [5.41, 5.74) is 3.66. The number of hydrogen-bond acceptors (Lipinski definition) is 3. The van der Waals surface area contributed by atoms with Gasteiger partial charge in [0.25, 0.3) is 0 Å². The van der Waals surface area contributed by atoms with Gasteiger partial charge in [0.15, 0.2) is 0 Å². The van der Waals surface area contributed by atoms with Crippen LogP contribution in [0.4, 0.5) is 0 Å². The monoisotopic (exact) mass is 376 g/mol. The zero-order chi connectivity index (χ0) is 19.9. The van der Waals surface area contributed by atoms with Crippen LogP contribution in [-0.2, 0) is 17.8 Å². The zero-order valence-corrected chi connectivity index (χ0v) is 16.1. The highest BCUT2D eigenvalue weighted by molar-refractivity contribution is 5.73. The number of carboxylic acid groups (broad SMARTS) is 1. The number of aliphatic carboxylic acids is 1. The summed E-state index contributed by atoms with van der Waals surface area (Å²) < 4.78 is 11.6. The second-order valence-corrected chi connectivity index (χ2v) is 6.90. The molecule has 0 fully saturated rings. The SMILES string of the molecule is CC(C)Oc1ccc(-c2cc(CC(=O)O)cc(OCc3ccccc3)c2)cc1. The van der Waals surface area contributed by atoms with E-state index in [1.807, 2.05) is 80.6 Å². The van der Waals surface area contributed by atoms with E-state index in [4.69, 9.17) is 9.47 Å². The van der Waals surface area contributed by atoms with Gasteiger partial charge in [-0.2, -0.15) is 0 Å². The molecule has 0 aliphatic rings. The van der Waals surface area contributed by atoms with Crippen molar-refractivity contribution in [3.05, 3.63) is 83.9 Å². The van der Waals surface area contributed by atoms with E-state index in [2.05, 4.69) is 0 Å². The Kier molecular flexibility index (Phi) is 6.33. The molecule has 1 N–H and O–H groups in total. The fourth-order valence-electron chi connectivity index (χ4n) is 2.93. The number of hydrogen-bond donors (Lipinski definition) is 1. The summed E-state index contributed by atoms with van der Waals surface area (Å²) in [6.07, 6.45) is 0.0621. The molecule has 3 aromatic carbocycles. The van der Waals surface area contributed by atoms with Crippen LogP contribution in [0.2, 0.25) is 0 Å². The van der Waals surface area contributed by atoms with E-state index in [9.17, 15) is 9.90 Å². The van der Waals surface area contributed by atoms with Crippen molar-refractivity contribution in [2.45, 2.75) is 33.0 Å². The zero-order valence-electron chi connectivity index (χ0n) is 16.1. The van der Waals surface area contributed by atoms with Crippen LogP contribution in [0.3, 0.4) is 0 Å². The van der Waals surface area contributed by atoms with Crippen LogP contribution < -0.4 is 9.47 Å². The highest BCUT2D eigenvalue weighted by atomic mass is 16.5. The van der Waals surface area contributed by atoms with E-state index in [1.165, 1.54) is 0 Å². The molecular weight excluding hydrogens is 352 g/mol. The van der Waals surface area contributed by atoms with Crippen molar-refractivity contribution in [2.75, 3.05) is 0 Å². The lowest BCUT2D eigenvalue weighted by Crippen LogP contribution is -2.05. The standard InChI is InChI=1S/C24H24O4/c1-17(2)28-22-10-8-20(9-11-22)21-12-19(14-24(25)26)13-23(15-21)27-16-18-6-4-3-5-7-18/h3-13,15,17H,14,16H2,1-2H3,(H,25,26). The van der Waals surface area contributed by atoms with E-state index in [1.54, 1.807) is 6.07 Å². The van der Waals surface area contributed by atoms with E-state index in [0.29, 0.717) is 17.9 Å². The molecule has 0 aliphatic heterocycles. The summed E-state index contributed by atoms with van der Waals surface area (Å²) in [6, 6.07) is 23.3. The molecule has 0 aromatic heterocycles.